The van der Waals surface area contributed by atoms with E-state index < -0.39 is 17.6 Å². The summed E-state index contributed by atoms with van der Waals surface area (Å²) < 4.78 is 38.4. The number of likely N-dealkylation sites (N-methyl/N-ethyl adjacent to an activating group) is 1. The summed E-state index contributed by atoms with van der Waals surface area (Å²) in [5.74, 6) is 0.586. The van der Waals surface area contributed by atoms with Crippen LogP contribution in [0.5, 0.6) is 5.75 Å². The summed E-state index contributed by atoms with van der Waals surface area (Å²) in [4.78, 5) is 24.1. The fraction of sp³-hybridized carbons (Fsp3) is 0.643. The van der Waals surface area contributed by atoms with Crippen LogP contribution in [0.4, 0.5) is 0 Å². The zero-order valence-electron chi connectivity index (χ0n) is 25.1. The zero-order chi connectivity index (χ0) is 30.6. The van der Waals surface area contributed by atoms with Crippen molar-refractivity contribution in [2.24, 2.45) is 0 Å². The second-order valence-electron chi connectivity index (χ2n) is 9.83. The molecule has 1 aromatic heterocycles. The highest BCUT2D eigenvalue weighted by Gasteiger charge is 2.24. The predicted molar refractivity (Wildman–Crippen MR) is 157 cm³/mol. The molecule has 1 heterocycles. The molecule has 2 N–H and O–H groups in total. The molecule has 42 heavy (non-hydrogen) atoms. The number of amides is 1. The maximum absolute atomic E-state index is 12.1. The van der Waals surface area contributed by atoms with E-state index in [1.165, 1.54) is 11.8 Å². The molecule has 0 saturated heterocycles. The Kier molecular flexibility index (Phi) is 17.1. The van der Waals surface area contributed by atoms with Crippen molar-refractivity contribution >= 4 is 23.6 Å². The molecule has 0 bridgehead atoms. The zero-order valence-corrected chi connectivity index (χ0v) is 26.0. The molecular weight excluding hydrogens is 568 g/mol. The van der Waals surface area contributed by atoms with E-state index in [4.69, 9.17) is 32.8 Å². The van der Waals surface area contributed by atoms with Crippen molar-refractivity contribution in [3.8, 4) is 17.2 Å². The van der Waals surface area contributed by atoms with Crippen LogP contribution in [0.3, 0.4) is 0 Å². The smallest absolute Gasteiger partial charge is 0.325 e. The number of aromatic nitrogens is 2. The first-order chi connectivity index (χ1) is 20.2. The van der Waals surface area contributed by atoms with Gasteiger partial charge in [-0.25, -0.2) is 0 Å². The Hall–Kier alpha value is -2.75. The molecule has 0 aliphatic heterocycles. The monoisotopic (exact) mass is 612 g/mol. The third-order valence-corrected chi connectivity index (χ3v) is 5.83. The lowest BCUT2D eigenvalue weighted by Crippen LogP contribution is -2.47. The van der Waals surface area contributed by atoms with Gasteiger partial charge < -0.3 is 43.5 Å². The Bertz CT molecular complexity index is 1030. The Morgan fingerprint density at radius 1 is 0.881 bits per heavy atom. The molecule has 2 rings (SSSR count). The van der Waals surface area contributed by atoms with Gasteiger partial charge in [-0.1, -0.05) is 11.8 Å². The Morgan fingerprint density at radius 2 is 1.45 bits per heavy atom. The molecule has 1 unspecified atom stereocenters. The lowest BCUT2D eigenvalue weighted by atomic mass is 10.2. The van der Waals surface area contributed by atoms with Gasteiger partial charge in [0.2, 0.25) is 11.8 Å². The maximum Gasteiger partial charge on any atom is 0.325 e. The molecule has 236 valence electrons. The van der Waals surface area contributed by atoms with Crippen molar-refractivity contribution in [1.29, 1.82) is 0 Å². The number of nitrogens with zero attached hydrogens (tertiary/aromatic N) is 2. The summed E-state index contributed by atoms with van der Waals surface area (Å²) in [6, 6.07) is 6.82. The van der Waals surface area contributed by atoms with Crippen LogP contribution >= 0.6 is 11.8 Å². The van der Waals surface area contributed by atoms with Crippen LogP contribution in [-0.2, 0) is 33.3 Å². The summed E-state index contributed by atoms with van der Waals surface area (Å²) in [6.45, 7) is 9.19. The number of nitrogens with one attached hydrogen (secondary N) is 2. The van der Waals surface area contributed by atoms with Crippen molar-refractivity contribution in [2.75, 3.05) is 79.3 Å². The fourth-order valence-corrected chi connectivity index (χ4v) is 3.51. The molecule has 0 radical (unpaired) electrons. The normalized spacial score (nSPS) is 12.2. The molecule has 0 spiro atoms. The molecule has 0 aliphatic carbocycles. The van der Waals surface area contributed by atoms with Crippen LogP contribution in [0.25, 0.3) is 11.5 Å². The predicted octanol–water partition coefficient (Wildman–Crippen LogP) is 2.34. The van der Waals surface area contributed by atoms with Gasteiger partial charge in [-0.3, -0.25) is 9.59 Å². The van der Waals surface area contributed by atoms with Crippen molar-refractivity contribution in [2.45, 2.75) is 44.1 Å². The van der Waals surface area contributed by atoms with Crippen LogP contribution in [-0.4, -0.2) is 113 Å². The summed E-state index contributed by atoms with van der Waals surface area (Å²) >= 11 is 1.40. The van der Waals surface area contributed by atoms with Crippen LogP contribution in [0.15, 0.2) is 33.9 Å². The fourth-order valence-electron chi connectivity index (χ4n) is 3.23. The standard InChI is InChI=1S/C28H44N4O9S/c1-28(2,3)41-26(34)23(29-4)20-30-24(33)10-11-35-12-13-36-14-15-37-16-17-38-18-19-39-22-8-6-21(7-9-22)25-31-32-27(40-25)42-5/h6-9,23,29H,10-20H2,1-5H3,(H,30,33). The Labute approximate surface area is 251 Å². The van der Waals surface area contributed by atoms with E-state index in [-0.39, 0.29) is 25.5 Å². The quantitative estimate of drug-likeness (QED) is 0.114. The van der Waals surface area contributed by atoms with E-state index in [0.29, 0.717) is 64.0 Å². The SMILES string of the molecule is CNC(CNC(=O)CCOCCOCCOCCOCCOc1ccc(-c2nnc(SC)o2)cc1)C(=O)OC(C)(C)C. The first kappa shape index (κ1) is 35.4. The number of benzene rings is 1. The molecule has 0 saturated carbocycles. The number of carbonyl (C=O) groups excluding carboxylic acids is 2. The van der Waals surface area contributed by atoms with Crippen LogP contribution in [0.1, 0.15) is 27.2 Å². The minimum absolute atomic E-state index is 0.143. The maximum atomic E-state index is 12.1. The first-order valence-electron chi connectivity index (χ1n) is 13.8. The number of ether oxygens (including phenoxy) is 6. The Balaban J connectivity index is 1.36. The largest absolute Gasteiger partial charge is 0.491 e. The van der Waals surface area contributed by atoms with Gasteiger partial charge in [0.15, 0.2) is 0 Å². The second-order valence-corrected chi connectivity index (χ2v) is 10.6. The van der Waals surface area contributed by atoms with Crippen molar-refractivity contribution in [3.63, 3.8) is 0 Å². The molecule has 0 fully saturated rings. The van der Waals surface area contributed by atoms with Crippen LogP contribution < -0.4 is 15.4 Å². The average Bonchev–Trinajstić information content (AvgIpc) is 3.44. The van der Waals surface area contributed by atoms with Gasteiger partial charge in [0.25, 0.3) is 5.22 Å². The summed E-state index contributed by atoms with van der Waals surface area (Å²) in [5.41, 5.74) is 0.244. The summed E-state index contributed by atoms with van der Waals surface area (Å²) in [7, 11) is 1.64. The van der Waals surface area contributed by atoms with E-state index in [9.17, 15) is 9.59 Å². The lowest BCUT2D eigenvalue weighted by molar-refractivity contribution is -0.157. The molecule has 1 aromatic carbocycles. The highest BCUT2D eigenvalue weighted by Crippen LogP contribution is 2.23. The number of esters is 1. The van der Waals surface area contributed by atoms with E-state index in [1.807, 2.05) is 30.5 Å². The number of hydrogen-bond donors (Lipinski definition) is 2. The van der Waals surface area contributed by atoms with Gasteiger partial charge >= 0.3 is 5.97 Å². The summed E-state index contributed by atoms with van der Waals surface area (Å²) in [6.07, 6.45) is 2.07. The van der Waals surface area contributed by atoms with Gasteiger partial charge in [0, 0.05) is 18.5 Å². The number of hydrogen-bond acceptors (Lipinski definition) is 13. The number of thioether (sulfide) groups is 1. The topological polar surface area (TPSA) is 152 Å². The van der Waals surface area contributed by atoms with E-state index >= 15 is 0 Å². The lowest BCUT2D eigenvalue weighted by Gasteiger charge is -2.23. The van der Waals surface area contributed by atoms with Gasteiger partial charge in [0.1, 0.15) is 24.0 Å². The minimum atomic E-state index is -0.612. The molecule has 1 amide bonds. The van der Waals surface area contributed by atoms with Crippen molar-refractivity contribution in [3.05, 3.63) is 24.3 Å². The number of rotatable bonds is 22. The van der Waals surface area contributed by atoms with E-state index in [1.54, 1.807) is 27.8 Å². The average molecular weight is 613 g/mol. The van der Waals surface area contributed by atoms with Gasteiger partial charge in [-0.05, 0) is 58.3 Å². The highest BCUT2D eigenvalue weighted by atomic mass is 32.2. The number of carbonyl (C=O) groups is 2. The second kappa shape index (κ2) is 20.2. The highest BCUT2D eigenvalue weighted by molar-refractivity contribution is 7.98. The van der Waals surface area contributed by atoms with Gasteiger partial charge in [-0.2, -0.15) is 0 Å². The molecular formula is C28H44N4O9S. The molecule has 1 atom stereocenters. The van der Waals surface area contributed by atoms with E-state index in [0.717, 1.165) is 11.3 Å². The Morgan fingerprint density at radius 3 is 1.98 bits per heavy atom. The minimum Gasteiger partial charge on any atom is -0.491 e. The molecule has 2 aromatic rings. The van der Waals surface area contributed by atoms with Crippen molar-refractivity contribution < 1.29 is 42.4 Å². The van der Waals surface area contributed by atoms with Gasteiger partial charge in [0.05, 0.1) is 52.9 Å². The van der Waals surface area contributed by atoms with Gasteiger partial charge in [-0.15, -0.1) is 10.2 Å². The van der Waals surface area contributed by atoms with Crippen LogP contribution in [0.2, 0.25) is 0 Å². The molecule has 13 nitrogen and oxygen atoms in total. The first-order valence-corrected chi connectivity index (χ1v) is 15.0. The van der Waals surface area contributed by atoms with Crippen molar-refractivity contribution in [1.82, 2.24) is 20.8 Å². The van der Waals surface area contributed by atoms with E-state index in [2.05, 4.69) is 20.8 Å². The molecule has 14 heteroatoms. The third kappa shape index (κ3) is 15.5. The molecule has 0 aliphatic rings. The third-order valence-electron chi connectivity index (χ3n) is 5.31. The van der Waals surface area contributed by atoms with Crippen LogP contribution in [0, 0.1) is 0 Å². The summed E-state index contributed by atoms with van der Waals surface area (Å²) in [5, 5.41) is 14.0.